The topological polar surface area (TPSA) is 66.9 Å². The minimum atomic E-state index is -0.0330. The smallest absolute Gasteiger partial charge is 0.317 e. The number of amides is 2. The first kappa shape index (κ1) is 19.0. The van der Waals surface area contributed by atoms with Crippen LogP contribution in [0.4, 0.5) is 4.79 Å². The molecule has 1 saturated heterocycles. The van der Waals surface area contributed by atoms with Crippen molar-refractivity contribution in [3.8, 4) is 11.5 Å². The van der Waals surface area contributed by atoms with E-state index in [2.05, 4.69) is 21.3 Å². The van der Waals surface area contributed by atoms with Crippen LogP contribution in [0.15, 0.2) is 48.8 Å². The van der Waals surface area contributed by atoms with Gasteiger partial charge in [-0.15, -0.1) is 0 Å². The maximum Gasteiger partial charge on any atom is 0.317 e. The number of nitrogens with one attached hydrogen (secondary N) is 1. The summed E-state index contributed by atoms with van der Waals surface area (Å²) < 4.78 is 10.7. The van der Waals surface area contributed by atoms with E-state index < -0.39 is 0 Å². The van der Waals surface area contributed by atoms with Crippen molar-refractivity contribution in [1.82, 2.24) is 20.1 Å². The molecule has 27 heavy (non-hydrogen) atoms. The van der Waals surface area contributed by atoms with E-state index in [-0.39, 0.29) is 6.03 Å². The van der Waals surface area contributed by atoms with Crippen molar-refractivity contribution in [2.75, 3.05) is 46.4 Å². The summed E-state index contributed by atoms with van der Waals surface area (Å²) in [5.74, 6) is 1.55. The molecule has 0 aliphatic carbocycles. The second-order valence-electron chi connectivity index (χ2n) is 6.38. The number of carbonyl (C=O) groups excluding carboxylic acids is 1. The van der Waals surface area contributed by atoms with Gasteiger partial charge in [0.1, 0.15) is 18.1 Å². The third kappa shape index (κ3) is 5.86. The molecular weight excluding hydrogens is 344 g/mol. The lowest BCUT2D eigenvalue weighted by Gasteiger charge is -2.34. The van der Waals surface area contributed by atoms with Crippen LogP contribution < -0.4 is 14.8 Å². The fraction of sp³-hybridized carbons (Fsp3) is 0.400. The highest BCUT2D eigenvalue weighted by Crippen LogP contribution is 2.16. The quantitative estimate of drug-likeness (QED) is 0.755. The predicted molar refractivity (Wildman–Crippen MR) is 103 cm³/mol. The molecule has 0 spiro atoms. The van der Waals surface area contributed by atoms with Crippen LogP contribution in [0.2, 0.25) is 0 Å². The average molecular weight is 370 g/mol. The first-order valence-electron chi connectivity index (χ1n) is 9.15. The van der Waals surface area contributed by atoms with Gasteiger partial charge in [0.25, 0.3) is 0 Å². The molecule has 0 bridgehead atoms. The third-order valence-electron chi connectivity index (χ3n) is 4.49. The molecule has 144 valence electrons. The summed E-state index contributed by atoms with van der Waals surface area (Å²) in [6.45, 7) is 4.96. The minimum absolute atomic E-state index is 0.0330. The van der Waals surface area contributed by atoms with E-state index in [1.54, 1.807) is 13.3 Å². The summed E-state index contributed by atoms with van der Waals surface area (Å²) >= 11 is 0. The van der Waals surface area contributed by atoms with Crippen LogP contribution in [0.5, 0.6) is 11.5 Å². The molecule has 0 atom stereocenters. The fourth-order valence-corrected chi connectivity index (χ4v) is 2.97. The van der Waals surface area contributed by atoms with E-state index in [4.69, 9.17) is 9.47 Å². The van der Waals surface area contributed by atoms with Crippen molar-refractivity contribution in [2.24, 2.45) is 0 Å². The lowest BCUT2D eigenvalue weighted by atomic mass is 10.2. The van der Waals surface area contributed by atoms with Gasteiger partial charge >= 0.3 is 6.03 Å². The van der Waals surface area contributed by atoms with E-state index in [1.807, 2.05) is 41.4 Å². The highest BCUT2D eigenvalue weighted by molar-refractivity contribution is 5.74. The van der Waals surface area contributed by atoms with Gasteiger partial charge in [-0.25, -0.2) is 4.79 Å². The molecule has 1 aliphatic rings. The van der Waals surface area contributed by atoms with Crippen LogP contribution in [-0.2, 0) is 6.54 Å². The van der Waals surface area contributed by atoms with Crippen molar-refractivity contribution in [3.63, 3.8) is 0 Å². The molecule has 1 aliphatic heterocycles. The monoisotopic (exact) mass is 370 g/mol. The Bertz CT molecular complexity index is 701. The molecule has 2 amide bonds. The number of urea groups is 1. The van der Waals surface area contributed by atoms with Gasteiger partial charge in [0.05, 0.1) is 13.7 Å². The van der Waals surface area contributed by atoms with Gasteiger partial charge < -0.3 is 19.7 Å². The number of carbonyl (C=O) groups is 1. The van der Waals surface area contributed by atoms with E-state index in [1.165, 1.54) is 5.56 Å². The van der Waals surface area contributed by atoms with Gasteiger partial charge in [-0.2, -0.15) is 0 Å². The molecule has 1 aromatic carbocycles. The van der Waals surface area contributed by atoms with Gasteiger partial charge in [-0.1, -0.05) is 6.07 Å². The summed E-state index contributed by atoms with van der Waals surface area (Å²) in [6.07, 6.45) is 3.67. The number of methoxy groups -OCH3 is 1. The first-order valence-corrected chi connectivity index (χ1v) is 9.15. The van der Waals surface area contributed by atoms with Crippen LogP contribution in [-0.4, -0.2) is 67.3 Å². The molecule has 2 heterocycles. The molecule has 1 N–H and O–H groups in total. The normalized spacial score (nSPS) is 14.6. The number of benzene rings is 1. The zero-order valence-corrected chi connectivity index (χ0v) is 15.6. The molecule has 1 fully saturated rings. The largest absolute Gasteiger partial charge is 0.497 e. The van der Waals surface area contributed by atoms with Crippen molar-refractivity contribution in [1.29, 1.82) is 0 Å². The molecule has 7 nitrogen and oxygen atoms in total. The van der Waals surface area contributed by atoms with Crippen LogP contribution in [0, 0.1) is 0 Å². The molecule has 7 heteroatoms. The van der Waals surface area contributed by atoms with E-state index in [0.717, 1.165) is 44.2 Å². The summed E-state index contributed by atoms with van der Waals surface area (Å²) in [6, 6.07) is 11.4. The molecule has 1 aromatic heterocycles. The van der Waals surface area contributed by atoms with Gasteiger partial charge in [0, 0.05) is 45.1 Å². The minimum Gasteiger partial charge on any atom is -0.497 e. The number of hydrogen-bond acceptors (Lipinski definition) is 5. The molecule has 2 aromatic rings. The van der Waals surface area contributed by atoms with Gasteiger partial charge in [-0.05, 0) is 35.9 Å². The first-order chi connectivity index (χ1) is 13.2. The van der Waals surface area contributed by atoms with Crippen molar-refractivity contribution in [3.05, 3.63) is 54.4 Å². The van der Waals surface area contributed by atoms with Crippen LogP contribution in [0.1, 0.15) is 5.56 Å². The van der Waals surface area contributed by atoms with Gasteiger partial charge in [-0.3, -0.25) is 9.88 Å². The van der Waals surface area contributed by atoms with Crippen molar-refractivity contribution < 1.29 is 14.3 Å². The van der Waals surface area contributed by atoms with Crippen LogP contribution in [0.3, 0.4) is 0 Å². The fourth-order valence-electron chi connectivity index (χ4n) is 2.97. The van der Waals surface area contributed by atoms with E-state index in [9.17, 15) is 4.79 Å². The Morgan fingerprint density at radius 2 is 1.85 bits per heavy atom. The Labute approximate surface area is 159 Å². The number of ether oxygens (including phenoxy) is 2. The van der Waals surface area contributed by atoms with Crippen molar-refractivity contribution >= 4 is 6.03 Å². The Balaban J connectivity index is 1.32. The highest BCUT2D eigenvalue weighted by Gasteiger charge is 2.20. The van der Waals surface area contributed by atoms with Gasteiger partial charge in [0.2, 0.25) is 0 Å². The maximum atomic E-state index is 12.3. The SMILES string of the molecule is COc1ccc(OCCNC(=O)N2CCN(Cc3cccnc3)CC2)cc1. The van der Waals surface area contributed by atoms with E-state index >= 15 is 0 Å². The second kappa shape index (κ2) is 9.78. The number of piperazine rings is 1. The Morgan fingerprint density at radius 1 is 1.11 bits per heavy atom. The lowest BCUT2D eigenvalue weighted by Crippen LogP contribution is -2.51. The standard InChI is InChI=1S/C20H26N4O3/c1-26-18-4-6-19(7-5-18)27-14-9-22-20(25)24-12-10-23(11-13-24)16-17-3-2-8-21-15-17/h2-8,15H,9-14,16H2,1H3,(H,22,25). The molecule has 0 radical (unpaired) electrons. The Kier molecular flexibility index (Phi) is 6.87. The number of nitrogens with zero attached hydrogens (tertiary/aromatic N) is 3. The molecule has 3 rings (SSSR count). The highest BCUT2D eigenvalue weighted by atomic mass is 16.5. The molecular formula is C20H26N4O3. The average Bonchev–Trinajstić information content (AvgIpc) is 2.73. The number of pyridine rings is 1. The summed E-state index contributed by atoms with van der Waals surface area (Å²) in [5.41, 5.74) is 1.20. The zero-order chi connectivity index (χ0) is 18.9. The predicted octanol–water partition coefficient (Wildman–Crippen LogP) is 2.00. The maximum absolute atomic E-state index is 12.3. The Hall–Kier alpha value is -2.80. The third-order valence-corrected chi connectivity index (χ3v) is 4.49. The number of rotatable bonds is 7. The summed E-state index contributed by atoms with van der Waals surface area (Å²) in [4.78, 5) is 20.6. The summed E-state index contributed by atoms with van der Waals surface area (Å²) in [5, 5.41) is 2.92. The van der Waals surface area contributed by atoms with Crippen LogP contribution in [0.25, 0.3) is 0 Å². The Morgan fingerprint density at radius 3 is 2.52 bits per heavy atom. The summed E-state index contributed by atoms with van der Waals surface area (Å²) in [7, 11) is 1.63. The molecule has 0 saturated carbocycles. The second-order valence-corrected chi connectivity index (χ2v) is 6.38. The van der Waals surface area contributed by atoms with Crippen molar-refractivity contribution in [2.45, 2.75) is 6.54 Å². The lowest BCUT2D eigenvalue weighted by molar-refractivity contribution is 0.134. The number of aromatic nitrogens is 1. The van der Waals surface area contributed by atoms with E-state index in [0.29, 0.717) is 13.2 Å². The number of hydrogen-bond donors (Lipinski definition) is 1. The van der Waals surface area contributed by atoms with Gasteiger partial charge in [0.15, 0.2) is 0 Å². The zero-order valence-electron chi connectivity index (χ0n) is 15.6. The molecule has 0 unspecified atom stereocenters. The van der Waals surface area contributed by atoms with Crippen LogP contribution >= 0.6 is 0 Å².